The summed E-state index contributed by atoms with van der Waals surface area (Å²) in [7, 11) is 0. The fourth-order valence-electron chi connectivity index (χ4n) is 1.51. The summed E-state index contributed by atoms with van der Waals surface area (Å²) in [6.07, 6.45) is 0.628. The fourth-order valence-corrected chi connectivity index (χ4v) is 1.94. The Balaban J connectivity index is 2.39. The third kappa shape index (κ3) is 2.77. The molecule has 1 aromatic carbocycles. The van der Waals surface area contributed by atoms with Gasteiger partial charge in [0.25, 0.3) is 0 Å². The Labute approximate surface area is 112 Å². The molecular formula is C12H10BrClN2O. The molecule has 0 fully saturated rings. The quantitative estimate of drug-likeness (QED) is 0.895. The maximum atomic E-state index is 10.2. The molecule has 3 N–H and O–H groups in total. The molecule has 0 aliphatic rings. The highest BCUT2D eigenvalue weighted by Gasteiger charge is 2.14. The van der Waals surface area contributed by atoms with E-state index in [-0.39, 0.29) is 5.82 Å². The molecule has 88 valence electrons. The molecule has 5 heteroatoms. The highest BCUT2D eigenvalue weighted by molar-refractivity contribution is 9.10. The zero-order chi connectivity index (χ0) is 12.4. The molecule has 0 spiro atoms. The Bertz CT molecular complexity index is 531. The van der Waals surface area contributed by atoms with Gasteiger partial charge < -0.3 is 10.8 Å². The number of rotatable bonds is 2. The lowest BCUT2D eigenvalue weighted by Crippen LogP contribution is -2.05. The summed E-state index contributed by atoms with van der Waals surface area (Å²) >= 11 is 9.17. The average Bonchev–Trinajstić information content (AvgIpc) is 2.32. The van der Waals surface area contributed by atoms with Crippen LogP contribution < -0.4 is 5.73 Å². The van der Waals surface area contributed by atoms with E-state index in [0.717, 1.165) is 10.0 Å². The van der Waals surface area contributed by atoms with Crippen molar-refractivity contribution in [2.75, 3.05) is 5.73 Å². The molecule has 0 saturated heterocycles. The van der Waals surface area contributed by atoms with Gasteiger partial charge in [0.2, 0.25) is 0 Å². The first-order chi connectivity index (χ1) is 8.08. The molecule has 0 aliphatic carbocycles. The third-order valence-corrected chi connectivity index (χ3v) is 3.13. The van der Waals surface area contributed by atoms with Crippen LogP contribution in [0.3, 0.4) is 0 Å². The first-order valence-electron chi connectivity index (χ1n) is 4.92. The molecule has 3 nitrogen and oxygen atoms in total. The SMILES string of the molecule is Nc1ncc(Cl)cc1C(O)c1ccc(Br)cc1. The lowest BCUT2D eigenvalue weighted by Gasteiger charge is -2.13. The van der Waals surface area contributed by atoms with E-state index in [0.29, 0.717) is 10.6 Å². The smallest absolute Gasteiger partial charge is 0.129 e. The molecule has 1 unspecified atom stereocenters. The molecule has 1 heterocycles. The van der Waals surface area contributed by atoms with Gasteiger partial charge in [0.15, 0.2) is 0 Å². The number of anilines is 1. The average molecular weight is 314 g/mol. The van der Waals surface area contributed by atoms with Gasteiger partial charge in [-0.05, 0) is 23.8 Å². The lowest BCUT2D eigenvalue weighted by molar-refractivity contribution is 0.220. The molecule has 17 heavy (non-hydrogen) atoms. The molecule has 0 aliphatic heterocycles. The summed E-state index contributed by atoms with van der Waals surface area (Å²) in [4.78, 5) is 3.92. The highest BCUT2D eigenvalue weighted by atomic mass is 79.9. The minimum absolute atomic E-state index is 0.282. The van der Waals surface area contributed by atoms with Crippen molar-refractivity contribution in [2.45, 2.75) is 6.10 Å². The monoisotopic (exact) mass is 312 g/mol. The second kappa shape index (κ2) is 5.04. The van der Waals surface area contributed by atoms with E-state index in [4.69, 9.17) is 17.3 Å². The minimum Gasteiger partial charge on any atom is -0.384 e. The van der Waals surface area contributed by atoms with E-state index in [1.165, 1.54) is 6.20 Å². The van der Waals surface area contributed by atoms with Gasteiger partial charge >= 0.3 is 0 Å². The van der Waals surface area contributed by atoms with Gasteiger partial charge in [-0.25, -0.2) is 4.98 Å². The van der Waals surface area contributed by atoms with Crippen molar-refractivity contribution in [1.29, 1.82) is 0 Å². The van der Waals surface area contributed by atoms with Gasteiger partial charge in [0, 0.05) is 16.2 Å². The number of hydrogen-bond donors (Lipinski definition) is 2. The number of nitrogens with zero attached hydrogens (tertiary/aromatic N) is 1. The second-order valence-electron chi connectivity index (χ2n) is 3.58. The molecule has 2 aromatic rings. The van der Waals surface area contributed by atoms with E-state index < -0.39 is 6.10 Å². The molecule has 0 bridgehead atoms. The summed E-state index contributed by atoms with van der Waals surface area (Å²) in [5.74, 6) is 0.282. The van der Waals surface area contributed by atoms with E-state index in [9.17, 15) is 5.11 Å². The van der Waals surface area contributed by atoms with Crippen LogP contribution in [0.1, 0.15) is 17.2 Å². The first-order valence-corrected chi connectivity index (χ1v) is 6.09. The van der Waals surface area contributed by atoms with Crippen LogP contribution in [0.4, 0.5) is 5.82 Å². The number of benzene rings is 1. The van der Waals surface area contributed by atoms with Crippen LogP contribution in [0, 0.1) is 0 Å². The number of nitrogens with two attached hydrogens (primary N) is 1. The zero-order valence-electron chi connectivity index (χ0n) is 8.77. The van der Waals surface area contributed by atoms with Crippen molar-refractivity contribution in [3.8, 4) is 0 Å². The van der Waals surface area contributed by atoms with Crippen LogP contribution in [0.25, 0.3) is 0 Å². The Morgan fingerprint density at radius 1 is 1.29 bits per heavy atom. The topological polar surface area (TPSA) is 59.1 Å². The number of aromatic nitrogens is 1. The Hall–Kier alpha value is -1.10. The van der Waals surface area contributed by atoms with Crippen molar-refractivity contribution >= 4 is 33.3 Å². The first kappa shape index (κ1) is 12.4. The molecule has 0 amide bonds. The minimum atomic E-state index is -0.825. The molecule has 1 aromatic heterocycles. The lowest BCUT2D eigenvalue weighted by atomic mass is 10.0. The number of hydrogen-bond acceptors (Lipinski definition) is 3. The van der Waals surface area contributed by atoms with Crippen molar-refractivity contribution in [2.24, 2.45) is 0 Å². The van der Waals surface area contributed by atoms with E-state index >= 15 is 0 Å². The maximum absolute atomic E-state index is 10.2. The largest absolute Gasteiger partial charge is 0.384 e. The molecule has 0 saturated carbocycles. The van der Waals surface area contributed by atoms with Crippen molar-refractivity contribution in [3.63, 3.8) is 0 Å². The summed E-state index contributed by atoms with van der Waals surface area (Å²) < 4.78 is 0.950. The summed E-state index contributed by atoms with van der Waals surface area (Å²) in [6.45, 7) is 0. The van der Waals surface area contributed by atoms with Gasteiger partial charge in [0.05, 0.1) is 5.02 Å². The van der Waals surface area contributed by atoms with Gasteiger partial charge in [-0.1, -0.05) is 39.7 Å². The second-order valence-corrected chi connectivity index (χ2v) is 4.93. The van der Waals surface area contributed by atoms with E-state index in [2.05, 4.69) is 20.9 Å². The normalized spacial score (nSPS) is 12.4. The summed E-state index contributed by atoms with van der Waals surface area (Å²) in [5.41, 5.74) is 6.97. The highest BCUT2D eigenvalue weighted by Crippen LogP contribution is 2.28. The van der Waals surface area contributed by atoms with Crippen molar-refractivity contribution in [3.05, 3.63) is 57.2 Å². The van der Waals surface area contributed by atoms with Crippen LogP contribution in [0.5, 0.6) is 0 Å². The number of halogens is 2. The van der Waals surface area contributed by atoms with Crippen LogP contribution >= 0.6 is 27.5 Å². The Kier molecular flexibility index (Phi) is 3.66. The van der Waals surface area contributed by atoms with Gasteiger partial charge in [0.1, 0.15) is 11.9 Å². The standard InChI is InChI=1S/C12H10BrClN2O/c13-8-3-1-7(2-4-8)11(17)10-5-9(14)6-16-12(10)15/h1-6,11,17H,(H2,15,16). The fraction of sp³-hybridized carbons (Fsp3) is 0.0833. The molecular weight excluding hydrogens is 304 g/mol. The van der Waals surface area contributed by atoms with E-state index in [1.807, 2.05) is 24.3 Å². The number of aliphatic hydroxyl groups is 1. The van der Waals surface area contributed by atoms with Gasteiger partial charge in [-0.15, -0.1) is 0 Å². The molecule has 0 radical (unpaired) electrons. The number of aliphatic hydroxyl groups excluding tert-OH is 1. The van der Waals surface area contributed by atoms with Gasteiger partial charge in [-0.2, -0.15) is 0 Å². The van der Waals surface area contributed by atoms with Crippen LogP contribution in [0.2, 0.25) is 5.02 Å². The molecule has 2 rings (SSSR count). The van der Waals surface area contributed by atoms with Crippen LogP contribution in [0.15, 0.2) is 41.0 Å². The van der Waals surface area contributed by atoms with E-state index in [1.54, 1.807) is 6.07 Å². The van der Waals surface area contributed by atoms with Crippen LogP contribution in [-0.2, 0) is 0 Å². The zero-order valence-corrected chi connectivity index (χ0v) is 11.1. The third-order valence-electron chi connectivity index (χ3n) is 2.40. The Morgan fingerprint density at radius 3 is 2.59 bits per heavy atom. The Morgan fingerprint density at radius 2 is 1.94 bits per heavy atom. The van der Waals surface area contributed by atoms with Crippen molar-refractivity contribution in [1.82, 2.24) is 4.98 Å². The van der Waals surface area contributed by atoms with Crippen LogP contribution in [-0.4, -0.2) is 10.1 Å². The maximum Gasteiger partial charge on any atom is 0.129 e. The summed E-state index contributed by atoms with van der Waals surface area (Å²) in [6, 6.07) is 8.96. The number of nitrogen functional groups attached to an aromatic ring is 1. The van der Waals surface area contributed by atoms with Crippen molar-refractivity contribution < 1.29 is 5.11 Å². The number of pyridine rings is 1. The molecule has 1 atom stereocenters. The predicted molar refractivity (Wildman–Crippen MR) is 71.9 cm³/mol. The van der Waals surface area contributed by atoms with Gasteiger partial charge in [-0.3, -0.25) is 0 Å². The summed E-state index contributed by atoms with van der Waals surface area (Å²) in [5, 5.41) is 10.6. The predicted octanol–water partition coefficient (Wildman–Crippen LogP) is 3.16.